The molecule has 19 heavy (non-hydrogen) atoms. The van der Waals surface area contributed by atoms with Crippen molar-refractivity contribution in [3.8, 4) is 0 Å². The summed E-state index contributed by atoms with van der Waals surface area (Å²) >= 11 is 0. The number of carbonyl (C=O) groups is 1. The van der Waals surface area contributed by atoms with Gasteiger partial charge in [0.2, 0.25) is 5.91 Å². The summed E-state index contributed by atoms with van der Waals surface area (Å²) in [4.78, 5) is 14.2. The van der Waals surface area contributed by atoms with Gasteiger partial charge in [0.1, 0.15) is 0 Å². The minimum absolute atomic E-state index is 0. The van der Waals surface area contributed by atoms with E-state index in [9.17, 15) is 4.79 Å². The van der Waals surface area contributed by atoms with Gasteiger partial charge in [-0.05, 0) is 31.7 Å². The van der Waals surface area contributed by atoms with Gasteiger partial charge in [-0.1, -0.05) is 30.3 Å². The smallest absolute Gasteiger partial charge is 0.225 e. The van der Waals surface area contributed by atoms with E-state index in [0.29, 0.717) is 0 Å². The van der Waals surface area contributed by atoms with Crippen LogP contribution in [0.15, 0.2) is 30.3 Å². The van der Waals surface area contributed by atoms with Crippen LogP contribution in [-0.4, -0.2) is 23.9 Å². The van der Waals surface area contributed by atoms with Crippen LogP contribution in [0.4, 0.5) is 0 Å². The Labute approximate surface area is 121 Å². The van der Waals surface area contributed by atoms with E-state index in [2.05, 4.69) is 19.1 Å². The lowest BCUT2D eigenvalue weighted by Crippen LogP contribution is -2.34. The molecule has 2 N–H and O–H groups in total. The Hall–Kier alpha value is -1.06. The first-order chi connectivity index (χ1) is 8.59. The number of benzene rings is 1. The van der Waals surface area contributed by atoms with Gasteiger partial charge in [-0.15, -0.1) is 12.4 Å². The molecule has 1 aliphatic carbocycles. The Morgan fingerprint density at radius 2 is 1.95 bits per heavy atom. The average Bonchev–Trinajstić information content (AvgIpc) is 2.84. The molecular weight excluding hydrogens is 260 g/mol. The fraction of sp³-hybridized carbons (Fsp3) is 0.533. The maximum Gasteiger partial charge on any atom is 0.225 e. The molecule has 0 saturated heterocycles. The molecule has 1 saturated carbocycles. The number of carbonyl (C=O) groups excluding carboxylic acids is 1. The lowest BCUT2D eigenvalue weighted by molar-refractivity contribution is -0.136. The van der Waals surface area contributed by atoms with Gasteiger partial charge in [0.25, 0.3) is 0 Å². The van der Waals surface area contributed by atoms with Gasteiger partial charge in [-0.2, -0.15) is 0 Å². The van der Waals surface area contributed by atoms with Crippen molar-refractivity contribution >= 4 is 18.3 Å². The fourth-order valence-corrected chi connectivity index (χ4v) is 2.67. The highest BCUT2D eigenvalue weighted by Crippen LogP contribution is 2.28. The van der Waals surface area contributed by atoms with Crippen molar-refractivity contribution in [2.75, 3.05) is 7.05 Å². The molecule has 3 nitrogen and oxygen atoms in total. The van der Waals surface area contributed by atoms with E-state index in [4.69, 9.17) is 5.73 Å². The molecule has 2 rings (SSSR count). The maximum absolute atomic E-state index is 12.4. The van der Waals surface area contributed by atoms with Gasteiger partial charge in [0, 0.05) is 19.0 Å². The Kier molecular flexibility index (Phi) is 5.83. The Morgan fingerprint density at radius 1 is 1.32 bits per heavy atom. The number of hydrogen-bond donors (Lipinski definition) is 1. The highest BCUT2D eigenvalue weighted by Gasteiger charge is 2.31. The van der Waals surface area contributed by atoms with Gasteiger partial charge < -0.3 is 10.6 Å². The minimum Gasteiger partial charge on any atom is -0.339 e. The van der Waals surface area contributed by atoms with Crippen LogP contribution in [0.5, 0.6) is 0 Å². The van der Waals surface area contributed by atoms with Gasteiger partial charge >= 0.3 is 0 Å². The van der Waals surface area contributed by atoms with Crippen LogP contribution in [0, 0.1) is 5.92 Å². The highest BCUT2D eigenvalue weighted by molar-refractivity contribution is 5.85. The van der Waals surface area contributed by atoms with E-state index in [1.807, 2.05) is 30.1 Å². The summed E-state index contributed by atoms with van der Waals surface area (Å²) in [5, 5.41) is 0. The molecular formula is C15H23ClN2O. The number of halogens is 1. The Balaban J connectivity index is 0.00000180. The molecule has 1 amide bonds. The summed E-state index contributed by atoms with van der Waals surface area (Å²) < 4.78 is 0. The molecule has 1 fully saturated rings. The zero-order valence-corrected chi connectivity index (χ0v) is 12.4. The third-order valence-electron chi connectivity index (χ3n) is 4.03. The van der Waals surface area contributed by atoms with E-state index in [0.717, 1.165) is 19.3 Å². The summed E-state index contributed by atoms with van der Waals surface area (Å²) in [5.41, 5.74) is 7.06. The molecule has 0 bridgehead atoms. The van der Waals surface area contributed by atoms with Gasteiger partial charge in [0.15, 0.2) is 0 Å². The van der Waals surface area contributed by atoms with E-state index >= 15 is 0 Å². The van der Waals surface area contributed by atoms with E-state index < -0.39 is 0 Å². The summed E-state index contributed by atoms with van der Waals surface area (Å²) in [6, 6.07) is 10.5. The molecule has 0 spiro atoms. The number of amides is 1. The lowest BCUT2D eigenvalue weighted by Gasteiger charge is -2.28. The number of nitrogens with two attached hydrogens (primary N) is 1. The van der Waals surface area contributed by atoms with E-state index in [1.54, 1.807) is 0 Å². The average molecular weight is 283 g/mol. The number of rotatable bonds is 3. The predicted molar refractivity (Wildman–Crippen MR) is 80.2 cm³/mol. The van der Waals surface area contributed by atoms with Crippen LogP contribution >= 0.6 is 12.4 Å². The number of nitrogens with zero attached hydrogens (tertiary/aromatic N) is 1. The molecule has 106 valence electrons. The quantitative estimate of drug-likeness (QED) is 0.927. The molecule has 1 aromatic carbocycles. The topological polar surface area (TPSA) is 46.3 Å². The van der Waals surface area contributed by atoms with Gasteiger partial charge in [-0.3, -0.25) is 4.79 Å². The molecule has 0 heterocycles. The highest BCUT2D eigenvalue weighted by atomic mass is 35.5. The van der Waals surface area contributed by atoms with Crippen molar-refractivity contribution in [3.63, 3.8) is 0 Å². The maximum atomic E-state index is 12.4. The lowest BCUT2D eigenvalue weighted by atomic mass is 10.0. The van der Waals surface area contributed by atoms with Crippen LogP contribution < -0.4 is 5.73 Å². The minimum atomic E-state index is 0. The molecule has 0 aliphatic heterocycles. The molecule has 3 atom stereocenters. The first-order valence-corrected chi connectivity index (χ1v) is 6.66. The SMILES string of the molecule is CC(c1ccccc1)N(C)C(=O)C1CCC(N)C1.Cl. The van der Waals surface area contributed by atoms with Crippen molar-refractivity contribution in [3.05, 3.63) is 35.9 Å². The van der Waals surface area contributed by atoms with Crippen LogP contribution in [0.3, 0.4) is 0 Å². The van der Waals surface area contributed by atoms with E-state index in [1.165, 1.54) is 5.56 Å². The standard InChI is InChI=1S/C15H22N2O.ClH/c1-11(12-6-4-3-5-7-12)17(2)15(18)13-8-9-14(16)10-13;/h3-7,11,13-14H,8-10,16H2,1-2H3;1H. The van der Waals surface area contributed by atoms with Crippen LogP contribution in [0.1, 0.15) is 37.8 Å². The molecule has 4 heteroatoms. The Morgan fingerprint density at radius 3 is 2.47 bits per heavy atom. The normalized spacial score (nSPS) is 23.5. The second-order valence-electron chi connectivity index (χ2n) is 5.31. The van der Waals surface area contributed by atoms with E-state index in [-0.39, 0.29) is 36.3 Å². The second-order valence-corrected chi connectivity index (χ2v) is 5.31. The third-order valence-corrected chi connectivity index (χ3v) is 4.03. The largest absolute Gasteiger partial charge is 0.339 e. The van der Waals surface area contributed by atoms with Crippen molar-refractivity contribution < 1.29 is 4.79 Å². The van der Waals surface area contributed by atoms with Gasteiger partial charge in [-0.25, -0.2) is 0 Å². The second kappa shape index (κ2) is 6.92. The number of hydrogen-bond acceptors (Lipinski definition) is 2. The Bertz CT molecular complexity index is 410. The van der Waals surface area contributed by atoms with Crippen molar-refractivity contribution in [1.29, 1.82) is 0 Å². The summed E-state index contributed by atoms with van der Waals surface area (Å²) in [6.45, 7) is 2.07. The van der Waals surface area contributed by atoms with Crippen molar-refractivity contribution in [2.45, 2.75) is 38.3 Å². The van der Waals surface area contributed by atoms with Crippen molar-refractivity contribution in [2.24, 2.45) is 11.7 Å². The fourth-order valence-electron chi connectivity index (χ4n) is 2.67. The first-order valence-electron chi connectivity index (χ1n) is 6.66. The molecule has 1 aromatic rings. The monoisotopic (exact) mass is 282 g/mol. The molecule has 1 aliphatic rings. The van der Waals surface area contributed by atoms with Crippen LogP contribution in [0.25, 0.3) is 0 Å². The molecule has 0 aromatic heterocycles. The van der Waals surface area contributed by atoms with Crippen molar-refractivity contribution in [1.82, 2.24) is 4.90 Å². The zero-order chi connectivity index (χ0) is 13.1. The van der Waals surface area contributed by atoms with Crippen LogP contribution in [-0.2, 0) is 4.79 Å². The predicted octanol–water partition coefficient (Wildman–Crippen LogP) is 2.76. The van der Waals surface area contributed by atoms with Crippen LogP contribution in [0.2, 0.25) is 0 Å². The summed E-state index contributed by atoms with van der Waals surface area (Å²) in [7, 11) is 1.89. The summed E-state index contributed by atoms with van der Waals surface area (Å²) in [5.74, 6) is 0.357. The first kappa shape index (κ1) is 16.0. The third kappa shape index (κ3) is 3.71. The molecule has 3 unspecified atom stereocenters. The van der Waals surface area contributed by atoms with Gasteiger partial charge in [0.05, 0.1) is 6.04 Å². The summed E-state index contributed by atoms with van der Waals surface area (Å²) in [6.07, 6.45) is 2.75. The molecule has 0 radical (unpaired) electrons. The zero-order valence-electron chi connectivity index (χ0n) is 11.6.